The standard InChI is InChI=1S/C26H20FN5O6/c27-18-11-30-32-20(26(35)29-10-15-2-4-22-23(6-15)38-13-37-22)8-19(31-24(18)32)25(34)28-9-14-1-3-21-16(5-14)7-17(33)12-36-21/h1-6,8,11H,7,9-10,12-13H2,(H,28,34)(H,29,35). The Kier molecular flexibility index (Phi) is 5.83. The molecule has 192 valence electrons. The maximum absolute atomic E-state index is 14.4. The highest BCUT2D eigenvalue weighted by Gasteiger charge is 2.21. The van der Waals surface area contributed by atoms with Crippen LogP contribution in [-0.4, -0.2) is 45.6 Å². The average molecular weight is 517 g/mol. The molecule has 12 heteroatoms. The maximum Gasteiger partial charge on any atom is 0.270 e. The minimum atomic E-state index is -0.774. The summed E-state index contributed by atoms with van der Waals surface area (Å²) in [7, 11) is 0. The summed E-state index contributed by atoms with van der Waals surface area (Å²) in [5.41, 5.74) is 1.78. The van der Waals surface area contributed by atoms with E-state index in [1.54, 1.807) is 36.4 Å². The number of nitrogens with one attached hydrogen (secondary N) is 2. The highest BCUT2D eigenvalue weighted by molar-refractivity contribution is 5.98. The van der Waals surface area contributed by atoms with Crippen molar-refractivity contribution in [1.29, 1.82) is 0 Å². The Balaban J connectivity index is 1.19. The number of aromatic nitrogens is 3. The van der Waals surface area contributed by atoms with Gasteiger partial charge in [0.1, 0.15) is 23.7 Å². The van der Waals surface area contributed by atoms with Gasteiger partial charge in [0.15, 0.2) is 28.7 Å². The molecule has 0 unspecified atom stereocenters. The summed E-state index contributed by atoms with van der Waals surface area (Å²) in [5.74, 6) is -0.147. The van der Waals surface area contributed by atoms with Crippen molar-refractivity contribution < 1.29 is 33.0 Å². The first-order chi connectivity index (χ1) is 18.4. The summed E-state index contributed by atoms with van der Waals surface area (Å²) >= 11 is 0. The fourth-order valence-corrected chi connectivity index (χ4v) is 4.25. The van der Waals surface area contributed by atoms with E-state index in [1.807, 2.05) is 0 Å². The topological polar surface area (TPSA) is 133 Å². The number of halogens is 1. The molecule has 4 aromatic rings. The first-order valence-corrected chi connectivity index (χ1v) is 11.7. The van der Waals surface area contributed by atoms with Crippen LogP contribution in [0.15, 0.2) is 48.7 Å². The van der Waals surface area contributed by atoms with Crippen molar-refractivity contribution >= 4 is 23.2 Å². The fraction of sp³-hybridized carbons (Fsp3) is 0.192. The summed E-state index contributed by atoms with van der Waals surface area (Å²) < 4.78 is 31.5. The zero-order chi connectivity index (χ0) is 26.2. The number of fused-ring (bicyclic) bond motifs is 3. The second kappa shape index (κ2) is 9.47. The van der Waals surface area contributed by atoms with Gasteiger partial charge < -0.3 is 24.8 Å². The molecular weight excluding hydrogens is 497 g/mol. The maximum atomic E-state index is 14.4. The van der Waals surface area contributed by atoms with Gasteiger partial charge in [0.2, 0.25) is 6.79 Å². The first-order valence-electron chi connectivity index (χ1n) is 11.7. The number of hydrogen-bond acceptors (Lipinski definition) is 8. The number of carbonyl (C=O) groups is 3. The van der Waals surface area contributed by atoms with Crippen molar-refractivity contribution in [3.63, 3.8) is 0 Å². The zero-order valence-corrected chi connectivity index (χ0v) is 19.8. The Labute approximate surface area is 214 Å². The van der Waals surface area contributed by atoms with Gasteiger partial charge >= 0.3 is 0 Å². The molecule has 0 fully saturated rings. The van der Waals surface area contributed by atoms with Crippen LogP contribution in [0.4, 0.5) is 4.39 Å². The quantitative estimate of drug-likeness (QED) is 0.397. The second-order valence-electron chi connectivity index (χ2n) is 8.75. The number of carbonyl (C=O) groups excluding carboxylic acids is 3. The third kappa shape index (κ3) is 4.47. The predicted octanol–water partition coefficient (Wildman–Crippen LogP) is 1.96. The molecule has 0 radical (unpaired) electrons. The molecular formula is C26H20FN5O6. The van der Waals surface area contributed by atoms with Crippen LogP contribution in [0.5, 0.6) is 17.2 Å². The molecule has 0 saturated heterocycles. The number of hydrogen-bond donors (Lipinski definition) is 2. The summed E-state index contributed by atoms with van der Waals surface area (Å²) in [4.78, 5) is 41.7. The van der Waals surface area contributed by atoms with Crippen LogP contribution in [0.25, 0.3) is 5.65 Å². The lowest BCUT2D eigenvalue weighted by Crippen LogP contribution is -2.28. The van der Waals surface area contributed by atoms with E-state index in [1.165, 1.54) is 6.07 Å². The van der Waals surface area contributed by atoms with E-state index in [0.29, 0.717) is 17.2 Å². The third-order valence-corrected chi connectivity index (χ3v) is 6.14. The van der Waals surface area contributed by atoms with E-state index >= 15 is 0 Å². The molecule has 2 aromatic carbocycles. The molecule has 0 saturated carbocycles. The molecule has 38 heavy (non-hydrogen) atoms. The number of nitrogens with zero attached hydrogens (tertiary/aromatic N) is 3. The molecule has 2 aliphatic heterocycles. The third-order valence-electron chi connectivity index (χ3n) is 6.14. The predicted molar refractivity (Wildman–Crippen MR) is 128 cm³/mol. The molecule has 4 heterocycles. The van der Waals surface area contributed by atoms with Crippen molar-refractivity contribution in [2.75, 3.05) is 13.4 Å². The van der Waals surface area contributed by atoms with Crippen LogP contribution < -0.4 is 24.8 Å². The summed E-state index contributed by atoms with van der Waals surface area (Å²) in [6, 6.07) is 11.8. The second-order valence-corrected chi connectivity index (χ2v) is 8.75. The molecule has 11 nitrogen and oxygen atoms in total. The molecule has 2 aromatic heterocycles. The number of benzene rings is 2. The summed E-state index contributed by atoms with van der Waals surface area (Å²) in [5, 5.41) is 9.36. The van der Waals surface area contributed by atoms with E-state index < -0.39 is 17.6 Å². The minimum absolute atomic E-state index is 0.0247. The Morgan fingerprint density at radius 1 is 0.921 bits per heavy atom. The van der Waals surface area contributed by atoms with E-state index in [0.717, 1.165) is 27.4 Å². The highest BCUT2D eigenvalue weighted by Crippen LogP contribution is 2.32. The Hall–Kier alpha value is -5.00. The van der Waals surface area contributed by atoms with Gasteiger partial charge in [0, 0.05) is 31.1 Å². The average Bonchev–Trinajstić information content (AvgIpc) is 3.55. The molecule has 2 N–H and O–H groups in total. The van der Waals surface area contributed by atoms with Crippen LogP contribution in [0.3, 0.4) is 0 Å². The Morgan fingerprint density at radius 3 is 2.50 bits per heavy atom. The Bertz CT molecular complexity index is 1620. The van der Waals surface area contributed by atoms with E-state index in [-0.39, 0.29) is 55.7 Å². The zero-order valence-electron chi connectivity index (χ0n) is 19.8. The van der Waals surface area contributed by atoms with Crippen molar-refractivity contribution in [1.82, 2.24) is 25.2 Å². The lowest BCUT2D eigenvalue weighted by Gasteiger charge is -2.17. The van der Waals surface area contributed by atoms with E-state index in [9.17, 15) is 18.8 Å². The van der Waals surface area contributed by atoms with Gasteiger partial charge in [0.25, 0.3) is 11.8 Å². The van der Waals surface area contributed by atoms with Crippen molar-refractivity contribution in [3.8, 4) is 17.2 Å². The van der Waals surface area contributed by atoms with Gasteiger partial charge in [-0.05, 0) is 35.4 Å². The normalized spacial score (nSPS) is 13.7. The van der Waals surface area contributed by atoms with Gasteiger partial charge in [-0.1, -0.05) is 12.1 Å². The van der Waals surface area contributed by atoms with Crippen LogP contribution in [0, 0.1) is 5.82 Å². The van der Waals surface area contributed by atoms with Gasteiger partial charge in [-0.2, -0.15) is 5.10 Å². The molecule has 6 rings (SSSR count). The van der Waals surface area contributed by atoms with Crippen LogP contribution >= 0.6 is 0 Å². The molecule has 2 aliphatic rings. The van der Waals surface area contributed by atoms with E-state index in [4.69, 9.17) is 14.2 Å². The smallest absolute Gasteiger partial charge is 0.270 e. The Morgan fingerprint density at radius 2 is 1.66 bits per heavy atom. The molecule has 0 bridgehead atoms. The summed E-state index contributed by atoms with van der Waals surface area (Å²) in [6.45, 7) is 0.459. The van der Waals surface area contributed by atoms with Gasteiger partial charge in [-0.25, -0.2) is 13.9 Å². The van der Waals surface area contributed by atoms with Crippen molar-refractivity contribution in [2.24, 2.45) is 0 Å². The van der Waals surface area contributed by atoms with Crippen molar-refractivity contribution in [2.45, 2.75) is 19.5 Å². The number of ketones is 1. The van der Waals surface area contributed by atoms with E-state index in [2.05, 4.69) is 20.7 Å². The number of rotatable bonds is 6. The lowest BCUT2D eigenvalue weighted by atomic mass is 10.0. The first kappa shape index (κ1) is 23.4. The van der Waals surface area contributed by atoms with Crippen LogP contribution in [-0.2, 0) is 24.3 Å². The molecule has 0 atom stereocenters. The van der Waals surface area contributed by atoms with Gasteiger partial charge in [0.05, 0.1) is 6.20 Å². The highest BCUT2D eigenvalue weighted by atomic mass is 19.1. The summed E-state index contributed by atoms with van der Waals surface area (Å²) in [6.07, 6.45) is 1.19. The van der Waals surface area contributed by atoms with Crippen LogP contribution in [0.2, 0.25) is 0 Å². The van der Waals surface area contributed by atoms with Crippen molar-refractivity contribution in [3.05, 3.63) is 82.6 Å². The monoisotopic (exact) mass is 517 g/mol. The lowest BCUT2D eigenvalue weighted by molar-refractivity contribution is -0.121. The largest absolute Gasteiger partial charge is 0.486 e. The van der Waals surface area contributed by atoms with Gasteiger partial charge in [-0.3, -0.25) is 14.4 Å². The molecule has 0 aliphatic carbocycles. The fourth-order valence-electron chi connectivity index (χ4n) is 4.25. The number of Topliss-reactive ketones (excluding diaryl/α,β-unsaturated/α-hetero) is 1. The number of amides is 2. The number of ether oxygens (including phenoxy) is 3. The minimum Gasteiger partial charge on any atom is -0.486 e. The van der Waals surface area contributed by atoms with Crippen LogP contribution in [0.1, 0.15) is 37.7 Å². The SMILES string of the molecule is O=C1COc2ccc(CNC(=O)c3cc(C(=O)NCc4ccc5c(c4)OCO5)n4ncc(F)c4n3)cc2C1. The molecule has 2 amide bonds. The molecule has 0 spiro atoms. The van der Waals surface area contributed by atoms with Gasteiger partial charge in [-0.15, -0.1) is 0 Å².